The molecular formula is C87H64B3NO5. The van der Waals surface area contributed by atoms with E-state index in [2.05, 4.69) is 292 Å². The van der Waals surface area contributed by atoms with Crippen LogP contribution in [0.15, 0.2) is 224 Å². The number of rotatable bonds is 6. The molecule has 6 nitrogen and oxygen atoms in total. The highest BCUT2D eigenvalue weighted by Crippen LogP contribution is 2.51. The minimum atomic E-state index is -0.330. The highest BCUT2D eigenvalue weighted by molar-refractivity contribution is 7.03. The second-order valence-corrected chi connectivity index (χ2v) is 27.4. The normalized spacial score (nSPS) is 13.4. The molecule has 13 aromatic rings. The van der Waals surface area contributed by atoms with Crippen LogP contribution in [0, 0.1) is 62.3 Å². The number of fused-ring (bicyclic) bond motifs is 12. The van der Waals surface area contributed by atoms with E-state index in [1.165, 1.54) is 66.8 Å². The van der Waals surface area contributed by atoms with Crippen molar-refractivity contribution in [3.05, 3.63) is 275 Å². The maximum atomic E-state index is 7.70. The summed E-state index contributed by atoms with van der Waals surface area (Å²) in [5, 5.41) is 0. The lowest BCUT2D eigenvalue weighted by Gasteiger charge is -2.43. The molecule has 0 fully saturated rings. The highest BCUT2D eigenvalue weighted by Gasteiger charge is 2.50. The summed E-state index contributed by atoms with van der Waals surface area (Å²) in [5.41, 5.74) is 34.6. The van der Waals surface area contributed by atoms with Gasteiger partial charge in [-0.3, -0.25) is 0 Å². The molecule has 13 aromatic carbocycles. The molecule has 0 amide bonds. The fraction of sp³-hybridized carbons (Fsp3) is 0.103. The largest absolute Gasteiger partial charge is 0.458 e. The number of aryl methyl sites for hydroxylation is 9. The van der Waals surface area contributed by atoms with Crippen molar-refractivity contribution in [1.29, 1.82) is 0 Å². The van der Waals surface area contributed by atoms with E-state index >= 15 is 0 Å². The molecule has 0 unspecified atom stereocenters. The predicted molar refractivity (Wildman–Crippen MR) is 397 cm³/mol. The number of ether oxygens (including phenoxy) is 5. The van der Waals surface area contributed by atoms with E-state index in [1.54, 1.807) is 0 Å². The first-order chi connectivity index (χ1) is 46.8. The topological polar surface area (TPSA) is 49.4 Å². The molecular weight excluding hydrogens is 1170 g/mol. The molecule has 0 spiro atoms. The quantitative estimate of drug-likeness (QED) is 0.155. The van der Waals surface area contributed by atoms with Gasteiger partial charge in [-0.25, -0.2) is 0 Å². The summed E-state index contributed by atoms with van der Waals surface area (Å²) >= 11 is 0. The van der Waals surface area contributed by atoms with Crippen molar-refractivity contribution in [3.8, 4) is 113 Å². The fourth-order valence-corrected chi connectivity index (χ4v) is 17.5. The Kier molecular flexibility index (Phi) is 12.3. The molecule has 456 valence electrons. The molecule has 0 saturated heterocycles. The summed E-state index contributed by atoms with van der Waals surface area (Å²) in [6.45, 7) is 19.1. The fourth-order valence-electron chi connectivity index (χ4n) is 17.5. The number of para-hydroxylation sites is 2. The van der Waals surface area contributed by atoms with Gasteiger partial charge in [-0.1, -0.05) is 181 Å². The summed E-state index contributed by atoms with van der Waals surface area (Å²) in [6, 6.07) is 82.1. The molecule has 19 rings (SSSR count). The van der Waals surface area contributed by atoms with Gasteiger partial charge < -0.3 is 28.6 Å². The van der Waals surface area contributed by atoms with Gasteiger partial charge in [0.1, 0.15) is 57.5 Å². The minimum Gasteiger partial charge on any atom is -0.458 e. The van der Waals surface area contributed by atoms with E-state index < -0.39 is 0 Å². The first-order valence-corrected chi connectivity index (χ1v) is 33.5. The van der Waals surface area contributed by atoms with Crippen LogP contribution in [0.1, 0.15) is 50.1 Å². The van der Waals surface area contributed by atoms with Gasteiger partial charge in [0, 0.05) is 45.6 Å². The second kappa shape index (κ2) is 20.9. The van der Waals surface area contributed by atoms with Gasteiger partial charge in [-0.05, 0) is 226 Å². The zero-order valence-corrected chi connectivity index (χ0v) is 55.1. The Balaban J connectivity index is 0.896. The first-order valence-electron chi connectivity index (χ1n) is 33.5. The number of hydrogen-bond acceptors (Lipinski definition) is 6. The number of hydrogen-bond donors (Lipinski definition) is 0. The summed E-state index contributed by atoms with van der Waals surface area (Å²) in [5.74, 6) is 7.97. The van der Waals surface area contributed by atoms with Crippen molar-refractivity contribution in [2.24, 2.45) is 0 Å². The Labute approximate surface area is 561 Å². The van der Waals surface area contributed by atoms with E-state index in [9.17, 15) is 0 Å². The average molecular weight is 1240 g/mol. The number of nitrogens with zero attached hydrogens (tertiary/aromatic N) is 1. The third kappa shape index (κ3) is 8.29. The van der Waals surface area contributed by atoms with Crippen LogP contribution < -0.4 is 77.7 Å². The molecule has 0 radical (unpaired) electrons. The van der Waals surface area contributed by atoms with Crippen molar-refractivity contribution >= 4 is 86.4 Å². The van der Waals surface area contributed by atoms with E-state index in [4.69, 9.17) is 23.7 Å². The smallest absolute Gasteiger partial charge is 0.260 e. The van der Waals surface area contributed by atoms with Gasteiger partial charge in [0.2, 0.25) is 0 Å². The van der Waals surface area contributed by atoms with E-state index in [1.807, 2.05) is 0 Å². The van der Waals surface area contributed by atoms with Crippen LogP contribution in [0.4, 0.5) is 17.1 Å². The Morgan fingerprint density at radius 1 is 0.250 bits per heavy atom. The Hall–Kier alpha value is -11.1. The Morgan fingerprint density at radius 3 is 1.05 bits per heavy atom. The Bertz CT molecular complexity index is 5520. The van der Waals surface area contributed by atoms with Crippen molar-refractivity contribution in [2.75, 3.05) is 4.90 Å². The molecule has 0 aliphatic carbocycles. The maximum Gasteiger partial charge on any atom is 0.260 e. The van der Waals surface area contributed by atoms with Crippen LogP contribution in [0.25, 0.3) is 55.6 Å². The monoisotopic (exact) mass is 1240 g/mol. The number of anilines is 3. The van der Waals surface area contributed by atoms with E-state index in [0.29, 0.717) is 0 Å². The molecule has 6 aliphatic rings. The summed E-state index contributed by atoms with van der Waals surface area (Å²) < 4.78 is 37.5. The first kappa shape index (κ1) is 56.4. The molecule has 0 saturated carbocycles. The van der Waals surface area contributed by atoms with Crippen LogP contribution >= 0.6 is 0 Å². The lowest BCUT2D eigenvalue weighted by Crippen LogP contribution is -2.64. The van der Waals surface area contributed by atoms with Gasteiger partial charge in [0.25, 0.3) is 20.1 Å². The van der Waals surface area contributed by atoms with Gasteiger partial charge in [-0.15, -0.1) is 0 Å². The van der Waals surface area contributed by atoms with Crippen LogP contribution in [0.3, 0.4) is 0 Å². The van der Waals surface area contributed by atoms with E-state index in [0.717, 1.165) is 163 Å². The molecule has 0 aromatic heterocycles. The average Bonchev–Trinajstić information content (AvgIpc) is 0.692. The van der Waals surface area contributed by atoms with Crippen LogP contribution in [-0.4, -0.2) is 20.1 Å². The minimum absolute atomic E-state index is 0.258. The predicted octanol–water partition coefficient (Wildman–Crippen LogP) is 16.7. The third-order valence-corrected chi connectivity index (χ3v) is 21.4. The standard InChI is InChI=1S/C87H64B3NO5/c1-47-35-54(8)85(55(9)36-47)91-69-45-71-66(88-63-33-19-31-61(56-27-12-10-13-28-56)86(63)95-77-41-59(39-75(92-71)83(77)88)80-50(4)23-17-24-51(80)5)43-65(69)90-68-44-67-72(46-73(68)93-74-38-58(37-70(91)82(74)90)79-48(2)21-16-22-49(79)3)94-76-40-60(81-52(6)25-18-26-53(81)7)42-78-84(76)89(67)64-34-20-32-62(87(64)96-78)57-29-14-11-15-30-57/h10-46H,1-9H3. The van der Waals surface area contributed by atoms with Crippen LogP contribution in [-0.2, 0) is 0 Å². The van der Waals surface area contributed by atoms with Crippen molar-refractivity contribution < 1.29 is 23.7 Å². The van der Waals surface area contributed by atoms with Crippen LogP contribution in [0.2, 0.25) is 0 Å². The Morgan fingerprint density at radius 2 is 0.615 bits per heavy atom. The SMILES string of the molecule is Cc1cc(C)c(N2c3cc4c(cc3B3c5cc6c(cc5Oc5cc(-c7c(C)cccc7C)cc2c53)Oc2cc(-c3c(C)cccc3C)cc3c2B6c2cccc(-c5ccccc5)c2O3)B2c3cccc(-c5ccccc5)c3Oc3cc(-c5c(C)cccc5C)cc(c32)O4)c(C)c1. The summed E-state index contributed by atoms with van der Waals surface area (Å²) in [4.78, 5) is 2.54. The van der Waals surface area contributed by atoms with Gasteiger partial charge in [0.05, 0.1) is 5.69 Å². The van der Waals surface area contributed by atoms with Gasteiger partial charge in [-0.2, -0.15) is 0 Å². The molecule has 9 heteroatoms. The molecule has 0 atom stereocenters. The zero-order valence-electron chi connectivity index (χ0n) is 55.1. The highest BCUT2D eigenvalue weighted by atomic mass is 16.5. The summed E-state index contributed by atoms with van der Waals surface area (Å²) in [6.07, 6.45) is 0. The van der Waals surface area contributed by atoms with Gasteiger partial charge >= 0.3 is 0 Å². The second-order valence-electron chi connectivity index (χ2n) is 27.4. The summed E-state index contributed by atoms with van der Waals surface area (Å²) in [7, 11) is 0. The molecule has 0 N–H and O–H groups in total. The zero-order chi connectivity index (χ0) is 64.7. The maximum absolute atomic E-state index is 7.70. The van der Waals surface area contributed by atoms with E-state index in [-0.39, 0.29) is 20.1 Å². The van der Waals surface area contributed by atoms with Crippen molar-refractivity contribution in [2.45, 2.75) is 62.3 Å². The lowest BCUT2D eigenvalue weighted by molar-refractivity contribution is 0.457. The molecule has 6 heterocycles. The molecule has 0 bridgehead atoms. The van der Waals surface area contributed by atoms with Crippen molar-refractivity contribution in [3.63, 3.8) is 0 Å². The van der Waals surface area contributed by atoms with Gasteiger partial charge in [0.15, 0.2) is 0 Å². The number of benzene rings is 13. The third-order valence-electron chi connectivity index (χ3n) is 21.4. The van der Waals surface area contributed by atoms with Crippen molar-refractivity contribution in [1.82, 2.24) is 0 Å². The molecule has 96 heavy (non-hydrogen) atoms. The molecule has 6 aliphatic heterocycles. The van der Waals surface area contributed by atoms with Crippen LogP contribution in [0.5, 0.6) is 57.5 Å². The lowest BCUT2D eigenvalue weighted by atomic mass is 9.30.